The zero-order valence-electron chi connectivity index (χ0n) is 15.5. The van der Waals surface area contributed by atoms with Gasteiger partial charge in [-0.25, -0.2) is 0 Å². The van der Waals surface area contributed by atoms with Crippen LogP contribution in [0, 0.1) is 0 Å². The highest BCUT2D eigenvalue weighted by Crippen LogP contribution is 2.37. The maximum absolute atomic E-state index is 5.40. The van der Waals surface area contributed by atoms with Crippen LogP contribution in [0.1, 0.15) is 17.0 Å². The van der Waals surface area contributed by atoms with E-state index in [0.717, 1.165) is 23.4 Å². The molecule has 5 heteroatoms. The van der Waals surface area contributed by atoms with Gasteiger partial charge in [0.05, 0.1) is 19.2 Å². The maximum Gasteiger partial charge on any atom is 0.246 e. The number of benzene rings is 3. The van der Waals surface area contributed by atoms with E-state index in [9.17, 15) is 0 Å². The number of aromatic nitrogens is 2. The second-order valence-electron chi connectivity index (χ2n) is 6.77. The molecule has 4 aromatic rings. The summed E-state index contributed by atoms with van der Waals surface area (Å²) in [5, 5.41) is 7.47. The van der Waals surface area contributed by atoms with Gasteiger partial charge >= 0.3 is 0 Å². The fourth-order valence-electron chi connectivity index (χ4n) is 3.70. The Kier molecular flexibility index (Phi) is 4.05. The molecule has 1 aliphatic carbocycles. The summed E-state index contributed by atoms with van der Waals surface area (Å²) >= 11 is 0. The van der Waals surface area contributed by atoms with Crippen LogP contribution in [-0.4, -0.2) is 17.3 Å². The SMILES string of the molecule is COc1ccccc1-c1noc(CNc2ccc3c(c2)Cc2ccccc2-3)n1. The van der Waals surface area contributed by atoms with Crippen LogP contribution < -0.4 is 10.1 Å². The first-order valence-corrected chi connectivity index (χ1v) is 9.23. The molecule has 0 unspecified atom stereocenters. The lowest BCUT2D eigenvalue weighted by Crippen LogP contribution is -2.00. The third-order valence-electron chi connectivity index (χ3n) is 5.05. The van der Waals surface area contributed by atoms with Crippen LogP contribution in [0.25, 0.3) is 22.5 Å². The van der Waals surface area contributed by atoms with E-state index in [0.29, 0.717) is 18.3 Å². The smallest absolute Gasteiger partial charge is 0.246 e. The van der Waals surface area contributed by atoms with Crippen molar-refractivity contribution in [3.8, 4) is 28.3 Å². The number of nitrogens with one attached hydrogen (secondary N) is 1. The molecule has 0 bridgehead atoms. The van der Waals surface area contributed by atoms with Crippen molar-refractivity contribution in [2.45, 2.75) is 13.0 Å². The average molecular weight is 369 g/mol. The molecule has 0 spiro atoms. The van der Waals surface area contributed by atoms with Crippen molar-refractivity contribution in [2.75, 3.05) is 12.4 Å². The molecule has 0 amide bonds. The molecule has 5 nitrogen and oxygen atoms in total. The number of methoxy groups -OCH3 is 1. The lowest BCUT2D eigenvalue weighted by molar-refractivity contribution is 0.383. The van der Waals surface area contributed by atoms with Gasteiger partial charge in [-0.1, -0.05) is 47.6 Å². The third-order valence-corrected chi connectivity index (χ3v) is 5.05. The second kappa shape index (κ2) is 6.85. The summed E-state index contributed by atoms with van der Waals surface area (Å²) in [6, 6.07) is 22.7. The monoisotopic (exact) mass is 369 g/mol. The Morgan fingerprint density at radius 2 is 1.71 bits per heavy atom. The zero-order chi connectivity index (χ0) is 18.9. The fourth-order valence-corrected chi connectivity index (χ4v) is 3.70. The minimum absolute atomic E-state index is 0.466. The summed E-state index contributed by atoms with van der Waals surface area (Å²) < 4.78 is 10.8. The summed E-state index contributed by atoms with van der Waals surface area (Å²) in [5.41, 5.74) is 7.23. The highest BCUT2D eigenvalue weighted by molar-refractivity contribution is 5.78. The van der Waals surface area contributed by atoms with Gasteiger partial charge in [-0.05, 0) is 52.9 Å². The van der Waals surface area contributed by atoms with Gasteiger partial charge in [-0.3, -0.25) is 0 Å². The standard InChI is InChI=1S/C23H19N3O2/c1-27-21-9-5-4-8-20(21)23-25-22(28-26-23)14-24-17-10-11-19-16(13-17)12-15-6-2-3-7-18(15)19/h2-11,13,24H,12,14H2,1H3. The highest BCUT2D eigenvalue weighted by Gasteiger charge is 2.18. The van der Waals surface area contributed by atoms with E-state index in [1.165, 1.54) is 22.3 Å². The number of ether oxygens (including phenoxy) is 1. The van der Waals surface area contributed by atoms with E-state index >= 15 is 0 Å². The first kappa shape index (κ1) is 16.6. The Morgan fingerprint density at radius 1 is 0.929 bits per heavy atom. The Bertz CT molecular complexity index is 1150. The number of para-hydroxylation sites is 1. The summed E-state index contributed by atoms with van der Waals surface area (Å²) in [6.45, 7) is 0.466. The van der Waals surface area contributed by atoms with Gasteiger partial charge in [0.2, 0.25) is 11.7 Å². The Hall–Kier alpha value is -3.60. The molecule has 0 radical (unpaired) electrons. The first-order valence-electron chi connectivity index (χ1n) is 9.23. The van der Waals surface area contributed by atoms with Gasteiger partial charge < -0.3 is 14.6 Å². The summed E-state index contributed by atoms with van der Waals surface area (Å²) in [6.07, 6.45) is 0.972. The molecule has 0 saturated heterocycles. The number of nitrogens with zero attached hydrogens (tertiary/aromatic N) is 2. The molecular formula is C23H19N3O2. The average Bonchev–Trinajstić information content (AvgIpc) is 3.36. The van der Waals surface area contributed by atoms with Crippen molar-refractivity contribution in [3.05, 3.63) is 83.7 Å². The van der Waals surface area contributed by atoms with E-state index in [2.05, 4.69) is 57.9 Å². The highest BCUT2D eigenvalue weighted by atomic mass is 16.5. The van der Waals surface area contributed by atoms with Crippen LogP contribution in [0.2, 0.25) is 0 Å². The molecular weight excluding hydrogens is 350 g/mol. The van der Waals surface area contributed by atoms with E-state index in [1.54, 1.807) is 7.11 Å². The van der Waals surface area contributed by atoms with Crippen LogP contribution >= 0.6 is 0 Å². The lowest BCUT2D eigenvalue weighted by Gasteiger charge is -2.06. The predicted octanol–water partition coefficient (Wildman–Crippen LogP) is 4.93. The molecule has 28 heavy (non-hydrogen) atoms. The molecule has 0 fully saturated rings. The van der Waals surface area contributed by atoms with E-state index in [-0.39, 0.29) is 0 Å². The molecule has 5 rings (SSSR count). The number of anilines is 1. The number of fused-ring (bicyclic) bond motifs is 3. The maximum atomic E-state index is 5.40. The van der Waals surface area contributed by atoms with Crippen molar-refractivity contribution in [1.82, 2.24) is 10.1 Å². The third kappa shape index (κ3) is 2.91. The second-order valence-corrected chi connectivity index (χ2v) is 6.77. The minimum atomic E-state index is 0.466. The fraction of sp³-hybridized carbons (Fsp3) is 0.130. The van der Waals surface area contributed by atoms with Crippen molar-refractivity contribution in [1.29, 1.82) is 0 Å². The normalized spacial score (nSPS) is 11.8. The summed E-state index contributed by atoms with van der Waals surface area (Å²) in [4.78, 5) is 4.49. The van der Waals surface area contributed by atoms with Gasteiger partial charge in [-0.15, -0.1) is 0 Å². The van der Waals surface area contributed by atoms with Crippen molar-refractivity contribution in [2.24, 2.45) is 0 Å². The van der Waals surface area contributed by atoms with E-state index in [4.69, 9.17) is 9.26 Å². The number of hydrogen-bond acceptors (Lipinski definition) is 5. The zero-order valence-corrected chi connectivity index (χ0v) is 15.5. The lowest BCUT2D eigenvalue weighted by atomic mass is 10.1. The minimum Gasteiger partial charge on any atom is -0.496 e. The van der Waals surface area contributed by atoms with Crippen molar-refractivity contribution < 1.29 is 9.26 Å². The Labute approximate surface area is 163 Å². The molecule has 1 aliphatic rings. The topological polar surface area (TPSA) is 60.2 Å². The molecule has 0 atom stereocenters. The quantitative estimate of drug-likeness (QED) is 0.476. The van der Waals surface area contributed by atoms with Crippen LogP contribution in [0.5, 0.6) is 5.75 Å². The number of hydrogen-bond donors (Lipinski definition) is 1. The first-order chi connectivity index (χ1) is 13.8. The van der Waals surface area contributed by atoms with Gasteiger partial charge in [0.1, 0.15) is 5.75 Å². The summed E-state index contributed by atoms with van der Waals surface area (Å²) in [5.74, 6) is 1.78. The molecule has 0 saturated carbocycles. The van der Waals surface area contributed by atoms with Crippen molar-refractivity contribution >= 4 is 5.69 Å². The molecule has 1 aromatic heterocycles. The van der Waals surface area contributed by atoms with Crippen molar-refractivity contribution in [3.63, 3.8) is 0 Å². The largest absolute Gasteiger partial charge is 0.496 e. The Morgan fingerprint density at radius 3 is 2.61 bits per heavy atom. The molecule has 1 N–H and O–H groups in total. The van der Waals surface area contributed by atoms with E-state index < -0.39 is 0 Å². The van der Waals surface area contributed by atoms with Gasteiger partial charge in [0.15, 0.2) is 0 Å². The van der Waals surface area contributed by atoms with Crippen LogP contribution in [-0.2, 0) is 13.0 Å². The molecule has 138 valence electrons. The van der Waals surface area contributed by atoms with Crippen LogP contribution in [0.4, 0.5) is 5.69 Å². The molecule has 1 heterocycles. The summed E-state index contributed by atoms with van der Waals surface area (Å²) in [7, 11) is 1.63. The van der Waals surface area contributed by atoms with Crippen LogP contribution in [0.15, 0.2) is 71.3 Å². The number of rotatable bonds is 5. The predicted molar refractivity (Wildman–Crippen MR) is 108 cm³/mol. The molecule has 3 aromatic carbocycles. The van der Waals surface area contributed by atoms with E-state index in [1.807, 2.05) is 24.3 Å². The van der Waals surface area contributed by atoms with Gasteiger partial charge in [0, 0.05) is 5.69 Å². The Balaban J connectivity index is 1.32. The van der Waals surface area contributed by atoms with Gasteiger partial charge in [-0.2, -0.15) is 4.98 Å². The van der Waals surface area contributed by atoms with Gasteiger partial charge in [0.25, 0.3) is 0 Å². The molecule has 0 aliphatic heterocycles. The van der Waals surface area contributed by atoms with Crippen LogP contribution in [0.3, 0.4) is 0 Å².